The van der Waals surface area contributed by atoms with E-state index in [4.69, 9.17) is 18.9 Å². The number of anilines is 2. The molecule has 1 aromatic heterocycles. The van der Waals surface area contributed by atoms with Gasteiger partial charge in [-0.15, -0.1) is 11.3 Å². The van der Waals surface area contributed by atoms with Crippen LogP contribution in [0.3, 0.4) is 0 Å². The van der Waals surface area contributed by atoms with Crippen LogP contribution in [0.4, 0.5) is 10.8 Å². The fraction of sp³-hybridized carbons (Fsp3) is 0.292. The normalized spacial score (nSPS) is 12.1. The summed E-state index contributed by atoms with van der Waals surface area (Å²) in [6, 6.07) is 10.7. The Morgan fingerprint density at radius 3 is 2.56 bits per heavy atom. The monoisotopic (exact) mass is 483 g/mol. The molecule has 2 heterocycles. The van der Waals surface area contributed by atoms with Gasteiger partial charge in [0, 0.05) is 36.2 Å². The topological polar surface area (TPSA) is 99.2 Å². The number of thiazole rings is 1. The number of carbonyl (C=O) groups is 2. The summed E-state index contributed by atoms with van der Waals surface area (Å²) < 4.78 is 21.7. The zero-order valence-electron chi connectivity index (χ0n) is 18.9. The van der Waals surface area contributed by atoms with Gasteiger partial charge in [-0.1, -0.05) is 6.07 Å². The van der Waals surface area contributed by atoms with Crippen molar-refractivity contribution in [1.29, 1.82) is 0 Å². The minimum atomic E-state index is -0.268. The van der Waals surface area contributed by atoms with Crippen LogP contribution < -0.4 is 29.2 Å². The minimum Gasteiger partial charge on any atom is -0.493 e. The van der Waals surface area contributed by atoms with Crippen molar-refractivity contribution in [3.8, 4) is 23.0 Å². The van der Waals surface area contributed by atoms with Gasteiger partial charge in [-0.3, -0.25) is 14.5 Å². The molecule has 3 aromatic rings. The number of hydrogen-bond acceptors (Lipinski definition) is 8. The summed E-state index contributed by atoms with van der Waals surface area (Å²) in [6.07, 6.45) is 1.70. The lowest BCUT2D eigenvalue weighted by Crippen LogP contribution is -2.31. The molecule has 34 heavy (non-hydrogen) atoms. The van der Waals surface area contributed by atoms with Crippen molar-refractivity contribution in [3.05, 3.63) is 53.5 Å². The quantitative estimate of drug-likeness (QED) is 0.493. The molecule has 2 amide bonds. The Morgan fingerprint density at radius 1 is 1.03 bits per heavy atom. The average molecular weight is 484 g/mol. The molecule has 0 aliphatic carbocycles. The Bertz CT molecular complexity index is 1150. The Balaban J connectivity index is 1.40. The van der Waals surface area contributed by atoms with Gasteiger partial charge in [0.15, 0.2) is 28.1 Å². The maximum Gasteiger partial charge on any atom is 0.229 e. The van der Waals surface area contributed by atoms with E-state index in [2.05, 4.69) is 10.3 Å². The van der Waals surface area contributed by atoms with Gasteiger partial charge < -0.3 is 24.3 Å². The van der Waals surface area contributed by atoms with Gasteiger partial charge in [0.25, 0.3) is 0 Å². The van der Waals surface area contributed by atoms with Crippen LogP contribution in [0.1, 0.15) is 18.4 Å². The maximum absolute atomic E-state index is 13.1. The Hall–Kier alpha value is -3.79. The van der Waals surface area contributed by atoms with Gasteiger partial charge in [0.2, 0.25) is 11.8 Å². The molecule has 0 fully saturated rings. The highest BCUT2D eigenvalue weighted by molar-refractivity contribution is 7.13. The van der Waals surface area contributed by atoms with E-state index in [0.717, 1.165) is 5.56 Å². The molecule has 0 unspecified atom stereocenters. The number of nitrogens with zero attached hydrogens (tertiary/aromatic N) is 2. The highest BCUT2D eigenvalue weighted by Gasteiger charge is 2.21. The fourth-order valence-corrected chi connectivity index (χ4v) is 4.13. The second kappa shape index (κ2) is 10.9. The summed E-state index contributed by atoms with van der Waals surface area (Å²) in [7, 11) is 3.13. The first-order chi connectivity index (χ1) is 16.6. The zero-order chi connectivity index (χ0) is 23.9. The summed E-state index contributed by atoms with van der Waals surface area (Å²) in [5, 5.41) is 5.18. The lowest BCUT2D eigenvalue weighted by atomic mass is 10.1. The zero-order valence-corrected chi connectivity index (χ0v) is 19.7. The van der Waals surface area contributed by atoms with Crippen LogP contribution in [0, 0.1) is 0 Å². The van der Waals surface area contributed by atoms with Crippen LogP contribution in [-0.2, 0) is 16.1 Å². The van der Waals surface area contributed by atoms with Gasteiger partial charge in [-0.2, -0.15) is 0 Å². The number of ether oxygens (including phenoxy) is 4. The molecule has 9 nitrogen and oxygen atoms in total. The molecular weight excluding hydrogens is 458 g/mol. The third-order valence-corrected chi connectivity index (χ3v) is 5.93. The summed E-state index contributed by atoms with van der Waals surface area (Å²) in [5.74, 6) is 1.94. The molecule has 0 bridgehead atoms. The van der Waals surface area contributed by atoms with Crippen LogP contribution in [-0.4, -0.2) is 44.2 Å². The minimum absolute atomic E-state index is 0.0289. The van der Waals surface area contributed by atoms with Gasteiger partial charge >= 0.3 is 0 Å². The molecule has 4 rings (SSSR count). The van der Waals surface area contributed by atoms with E-state index < -0.39 is 0 Å². The van der Waals surface area contributed by atoms with E-state index in [0.29, 0.717) is 47.0 Å². The maximum atomic E-state index is 13.1. The number of hydrogen-bond donors (Lipinski definition) is 1. The molecule has 0 radical (unpaired) electrons. The van der Waals surface area contributed by atoms with E-state index >= 15 is 0 Å². The first-order valence-corrected chi connectivity index (χ1v) is 11.6. The second-order valence-electron chi connectivity index (χ2n) is 7.39. The molecule has 0 saturated heterocycles. The molecule has 0 atom stereocenters. The molecule has 2 aromatic carbocycles. The molecule has 1 aliphatic rings. The van der Waals surface area contributed by atoms with Crippen molar-refractivity contribution in [3.63, 3.8) is 0 Å². The summed E-state index contributed by atoms with van der Waals surface area (Å²) in [4.78, 5) is 31.5. The third-order valence-electron chi connectivity index (χ3n) is 5.13. The van der Waals surface area contributed by atoms with Crippen molar-refractivity contribution in [2.75, 3.05) is 37.7 Å². The fourth-order valence-electron chi connectivity index (χ4n) is 3.47. The molecule has 0 spiro atoms. The third kappa shape index (κ3) is 5.57. The highest BCUT2D eigenvalue weighted by atomic mass is 32.1. The molecule has 178 valence electrons. The summed E-state index contributed by atoms with van der Waals surface area (Å²) in [6.45, 7) is 1.25. The van der Waals surface area contributed by atoms with Crippen molar-refractivity contribution in [2.45, 2.75) is 19.4 Å². The number of nitrogens with one attached hydrogen (secondary N) is 1. The van der Waals surface area contributed by atoms with Gasteiger partial charge in [0.05, 0.1) is 20.8 Å². The predicted octanol–water partition coefficient (Wildman–Crippen LogP) is 3.88. The van der Waals surface area contributed by atoms with Crippen LogP contribution in [0.2, 0.25) is 0 Å². The molecule has 1 aliphatic heterocycles. The predicted molar refractivity (Wildman–Crippen MR) is 128 cm³/mol. The van der Waals surface area contributed by atoms with Crippen LogP contribution in [0.15, 0.2) is 48.0 Å². The number of aromatic nitrogens is 1. The van der Waals surface area contributed by atoms with Crippen molar-refractivity contribution in [1.82, 2.24) is 4.98 Å². The van der Waals surface area contributed by atoms with Gasteiger partial charge in [-0.05, 0) is 29.8 Å². The summed E-state index contributed by atoms with van der Waals surface area (Å²) in [5.41, 5.74) is 1.44. The summed E-state index contributed by atoms with van der Waals surface area (Å²) >= 11 is 1.36. The van der Waals surface area contributed by atoms with E-state index in [1.165, 1.54) is 11.3 Å². The highest BCUT2D eigenvalue weighted by Crippen LogP contribution is 2.33. The largest absolute Gasteiger partial charge is 0.493 e. The molecular formula is C24H25N3O6S. The number of rotatable bonds is 9. The lowest BCUT2D eigenvalue weighted by molar-refractivity contribution is -0.122. The average Bonchev–Trinajstić information content (AvgIpc) is 3.40. The number of fused-ring (bicyclic) bond motifs is 1. The molecule has 1 N–H and O–H groups in total. The number of benzene rings is 2. The van der Waals surface area contributed by atoms with Gasteiger partial charge in [-0.25, -0.2) is 4.98 Å². The van der Waals surface area contributed by atoms with Crippen molar-refractivity contribution < 1.29 is 28.5 Å². The lowest BCUT2D eigenvalue weighted by Gasteiger charge is -2.21. The molecule has 10 heteroatoms. The number of carbonyl (C=O) groups excluding carboxylic acids is 2. The van der Waals surface area contributed by atoms with Crippen LogP contribution in [0.5, 0.6) is 23.0 Å². The van der Waals surface area contributed by atoms with E-state index in [1.807, 2.05) is 12.1 Å². The first-order valence-electron chi connectivity index (χ1n) is 10.7. The van der Waals surface area contributed by atoms with Crippen molar-refractivity contribution in [2.24, 2.45) is 0 Å². The van der Waals surface area contributed by atoms with E-state index in [1.54, 1.807) is 55.0 Å². The van der Waals surface area contributed by atoms with E-state index in [-0.39, 0.29) is 31.2 Å². The Morgan fingerprint density at radius 2 is 1.82 bits per heavy atom. The van der Waals surface area contributed by atoms with Gasteiger partial charge in [0.1, 0.15) is 13.2 Å². The Kier molecular flexibility index (Phi) is 7.48. The first kappa shape index (κ1) is 23.4. The van der Waals surface area contributed by atoms with E-state index in [9.17, 15) is 9.59 Å². The Labute approximate surface area is 201 Å². The second-order valence-corrected chi connectivity index (χ2v) is 8.26. The smallest absolute Gasteiger partial charge is 0.229 e. The van der Waals surface area contributed by atoms with Crippen molar-refractivity contribution >= 4 is 34.0 Å². The standard InChI is InChI=1S/C24H25N3O6S/c1-30-18-5-3-16(13-20(18)31-2)15-27(24-25-9-12-34-24)23(29)8-7-22(28)26-17-4-6-19-21(14-17)33-11-10-32-19/h3-6,9,12-14H,7-8,10-11,15H2,1-2H3,(H,26,28). The molecule has 0 saturated carbocycles. The number of methoxy groups -OCH3 is 2. The van der Waals surface area contributed by atoms with Crippen LogP contribution in [0.25, 0.3) is 0 Å². The number of amides is 2. The SMILES string of the molecule is COc1ccc(CN(C(=O)CCC(=O)Nc2ccc3c(c2)OCCO3)c2nccs2)cc1OC. The van der Waals surface area contributed by atoms with Crippen LogP contribution >= 0.6 is 11.3 Å².